The number of benzene rings is 2. The van der Waals surface area contributed by atoms with E-state index in [1.165, 1.54) is 30.6 Å². The molecule has 0 aliphatic heterocycles. The number of anilines is 3. The molecule has 0 aliphatic rings. The molecule has 0 fully saturated rings. The normalized spacial score (nSPS) is 10.2. The third-order valence-electron chi connectivity index (χ3n) is 3.10. The van der Waals surface area contributed by atoms with Gasteiger partial charge in [0.15, 0.2) is 0 Å². The number of halogens is 2. The largest absolute Gasteiger partial charge is 0.340 e. The van der Waals surface area contributed by atoms with Crippen LogP contribution in [0.15, 0.2) is 65.4 Å². The van der Waals surface area contributed by atoms with Crippen LogP contribution in [0, 0.1) is 5.82 Å². The number of hydrogen-bond acceptors (Lipinski definition) is 4. The smallest absolute Gasteiger partial charge is 0.274 e. The Morgan fingerprint density at radius 1 is 1.00 bits per heavy atom. The van der Waals surface area contributed by atoms with Crippen molar-refractivity contribution in [1.29, 1.82) is 0 Å². The standard InChI is InChI=1S/C17H12BrFN4O/c18-11-2-1-3-14(8-11)22-16-9-15(20-10-21-16)17(24)23-13-6-4-12(19)5-7-13/h1-10H,(H,23,24)(H,20,21,22). The lowest BCUT2D eigenvalue weighted by Gasteiger charge is -2.08. The van der Waals surface area contributed by atoms with Crippen molar-refractivity contribution < 1.29 is 9.18 Å². The Labute approximate surface area is 146 Å². The predicted octanol–water partition coefficient (Wildman–Crippen LogP) is 4.37. The Bertz CT molecular complexity index is 870. The molecule has 1 amide bonds. The van der Waals surface area contributed by atoms with Gasteiger partial charge in [0, 0.05) is 21.9 Å². The van der Waals surface area contributed by atoms with Crippen LogP contribution in [0.25, 0.3) is 0 Å². The van der Waals surface area contributed by atoms with E-state index in [2.05, 4.69) is 36.5 Å². The van der Waals surface area contributed by atoms with Crippen molar-refractivity contribution in [3.05, 3.63) is 76.9 Å². The second kappa shape index (κ2) is 7.18. The molecule has 0 atom stereocenters. The Hall–Kier alpha value is -2.80. The van der Waals surface area contributed by atoms with Gasteiger partial charge < -0.3 is 10.6 Å². The van der Waals surface area contributed by atoms with Gasteiger partial charge in [-0.15, -0.1) is 0 Å². The second-order valence-electron chi connectivity index (χ2n) is 4.88. The zero-order chi connectivity index (χ0) is 16.9. The maximum atomic E-state index is 12.9. The Kier molecular flexibility index (Phi) is 4.81. The summed E-state index contributed by atoms with van der Waals surface area (Å²) < 4.78 is 13.8. The first-order chi connectivity index (χ1) is 11.6. The molecule has 0 saturated heterocycles. The van der Waals surface area contributed by atoms with Crippen molar-refractivity contribution in [2.24, 2.45) is 0 Å². The first-order valence-corrected chi connectivity index (χ1v) is 7.81. The van der Waals surface area contributed by atoms with E-state index < -0.39 is 5.91 Å². The lowest BCUT2D eigenvalue weighted by atomic mass is 10.3. The summed E-state index contributed by atoms with van der Waals surface area (Å²) in [6, 6.07) is 14.6. The zero-order valence-corrected chi connectivity index (χ0v) is 13.9. The highest BCUT2D eigenvalue weighted by atomic mass is 79.9. The van der Waals surface area contributed by atoms with Gasteiger partial charge >= 0.3 is 0 Å². The summed E-state index contributed by atoms with van der Waals surface area (Å²) in [5.41, 5.74) is 1.52. The lowest BCUT2D eigenvalue weighted by Crippen LogP contribution is -2.14. The third kappa shape index (κ3) is 4.14. The highest BCUT2D eigenvalue weighted by Gasteiger charge is 2.09. The molecule has 2 N–H and O–H groups in total. The Morgan fingerprint density at radius 2 is 1.79 bits per heavy atom. The van der Waals surface area contributed by atoms with Gasteiger partial charge in [-0.1, -0.05) is 22.0 Å². The molecule has 0 unspecified atom stereocenters. The second-order valence-corrected chi connectivity index (χ2v) is 5.80. The summed E-state index contributed by atoms with van der Waals surface area (Å²) in [6.07, 6.45) is 1.31. The molecular weight excluding hydrogens is 375 g/mol. The fourth-order valence-corrected chi connectivity index (χ4v) is 2.39. The van der Waals surface area contributed by atoms with Crippen LogP contribution in [0.2, 0.25) is 0 Å². The van der Waals surface area contributed by atoms with Gasteiger partial charge in [-0.25, -0.2) is 14.4 Å². The first-order valence-electron chi connectivity index (χ1n) is 7.02. The van der Waals surface area contributed by atoms with E-state index in [0.29, 0.717) is 11.5 Å². The fraction of sp³-hybridized carbons (Fsp3) is 0. The molecular formula is C17H12BrFN4O. The number of nitrogens with zero attached hydrogens (tertiary/aromatic N) is 2. The average Bonchev–Trinajstić information content (AvgIpc) is 2.57. The van der Waals surface area contributed by atoms with Crippen LogP contribution in [0.5, 0.6) is 0 Å². The van der Waals surface area contributed by atoms with Gasteiger partial charge in [-0.05, 0) is 42.5 Å². The van der Waals surface area contributed by atoms with E-state index >= 15 is 0 Å². The molecule has 0 spiro atoms. The van der Waals surface area contributed by atoms with Gasteiger partial charge in [0.1, 0.15) is 23.7 Å². The van der Waals surface area contributed by atoms with Crippen LogP contribution in [0.4, 0.5) is 21.6 Å². The topological polar surface area (TPSA) is 66.9 Å². The number of rotatable bonds is 4. The summed E-state index contributed by atoms with van der Waals surface area (Å²) >= 11 is 3.39. The van der Waals surface area contributed by atoms with Gasteiger partial charge in [-0.3, -0.25) is 4.79 Å². The molecule has 3 aromatic rings. The zero-order valence-electron chi connectivity index (χ0n) is 12.3. The maximum absolute atomic E-state index is 12.9. The van der Waals surface area contributed by atoms with Gasteiger partial charge in [-0.2, -0.15) is 0 Å². The SMILES string of the molecule is O=C(Nc1ccc(F)cc1)c1cc(Nc2cccc(Br)c2)ncn1. The summed E-state index contributed by atoms with van der Waals surface area (Å²) in [6.45, 7) is 0. The predicted molar refractivity (Wildman–Crippen MR) is 93.8 cm³/mol. The van der Waals surface area contributed by atoms with Crippen LogP contribution in [0.1, 0.15) is 10.5 Å². The van der Waals surface area contributed by atoms with Crippen molar-refractivity contribution >= 4 is 39.0 Å². The molecule has 3 rings (SSSR count). The summed E-state index contributed by atoms with van der Waals surface area (Å²) in [4.78, 5) is 20.3. The minimum absolute atomic E-state index is 0.201. The molecule has 24 heavy (non-hydrogen) atoms. The van der Waals surface area contributed by atoms with E-state index in [-0.39, 0.29) is 11.5 Å². The molecule has 5 nitrogen and oxygen atoms in total. The first kappa shape index (κ1) is 16.1. The van der Waals surface area contributed by atoms with Crippen molar-refractivity contribution in [2.45, 2.75) is 0 Å². The van der Waals surface area contributed by atoms with E-state index in [4.69, 9.17) is 0 Å². The third-order valence-corrected chi connectivity index (χ3v) is 3.59. The lowest BCUT2D eigenvalue weighted by molar-refractivity contribution is 0.102. The van der Waals surface area contributed by atoms with Crippen LogP contribution in [-0.4, -0.2) is 15.9 Å². The number of carbonyl (C=O) groups excluding carboxylic acids is 1. The number of amides is 1. The monoisotopic (exact) mass is 386 g/mol. The summed E-state index contributed by atoms with van der Waals surface area (Å²) in [5.74, 6) is -0.274. The van der Waals surface area contributed by atoms with Gasteiger partial charge in [0.2, 0.25) is 0 Å². The van der Waals surface area contributed by atoms with E-state index in [1.807, 2.05) is 24.3 Å². The molecule has 120 valence electrons. The average molecular weight is 387 g/mol. The molecule has 7 heteroatoms. The molecule has 1 heterocycles. The van der Waals surface area contributed by atoms with Crippen LogP contribution in [0.3, 0.4) is 0 Å². The number of aromatic nitrogens is 2. The van der Waals surface area contributed by atoms with Crippen molar-refractivity contribution in [1.82, 2.24) is 9.97 Å². The van der Waals surface area contributed by atoms with Gasteiger partial charge in [0.05, 0.1) is 0 Å². The molecule has 1 aromatic heterocycles. The number of nitrogens with one attached hydrogen (secondary N) is 2. The van der Waals surface area contributed by atoms with Gasteiger partial charge in [0.25, 0.3) is 5.91 Å². The van der Waals surface area contributed by atoms with Crippen LogP contribution >= 0.6 is 15.9 Å². The highest BCUT2D eigenvalue weighted by molar-refractivity contribution is 9.10. The van der Waals surface area contributed by atoms with Crippen LogP contribution in [-0.2, 0) is 0 Å². The molecule has 0 bridgehead atoms. The molecule has 0 radical (unpaired) electrons. The number of carbonyl (C=O) groups is 1. The molecule has 0 aliphatic carbocycles. The summed E-state index contributed by atoms with van der Waals surface area (Å²) in [7, 11) is 0. The summed E-state index contributed by atoms with van der Waals surface area (Å²) in [5, 5.41) is 5.76. The van der Waals surface area contributed by atoms with Crippen molar-refractivity contribution in [2.75, 3.05) is 10.6 Å². The van der Waals surface area contributed by atoms with Crippen LogP contribution < -0.4 is 10.6 Å². The molecule has 2 aromatic carbocycles. The van der Waals surface area contributed by atoms with E-state index in [0.717, 1.165) is 10.2 Å². The highest BCUT2D eigenvalue weighted by Crippen LogP contribution is 2.19. The van der Waals surface area contributed by atoms with E-state index in [1.54, 1.807) is 6.07 Å². The quantitative estimate of drug-likeness (QED) is 0.698. The number of hydrogen-bond donors (Lipinski definition) is 2. The fourth-order valence-electron chi connectivity index (χ4n) is 1.99. The maximum Gasteiger partial charge on any atom is 0.274 e. The molecule has 0 saturated carbocycles. The minimum Gasteiger partial charge on any atom is -0.340 e. The van der Waals surface area contributed by atoms with Crippen molar-refractivity contribution in [3.63, 3.8) is 0 Å². The van der Waals surface area contributed by atoms with Crippen molar-refractivity contribution in [3.8, 4) is 0 Å². The van der Waals surface area contributed by atoms with E-state index in [9.17, 15) is 9.18 Å². The Balaban J connectivity index is 1.74. The minimum atomic E-state index is -0.402. The Morgan fingerprint density at radius 3 is 2.54 bits per heavy atom.